The van der Waals surface area contributed by atoms with Crippen LogP contribution in [0.15, 0.2) is 48.5 Å². The third kappa shape index (κ3) is 9.09. The monoisotopic (exact) mass is 553 g/mol. The van der Waals surface area contributed by atoms with Gasteiger partial charge < -0.3 is 9.74 Å². The topological polar surface area (TPSA) is 21.3 Å². The third-order valence-corrected chi connectivity index (χ3v) is 13.2. The van der Waals surface area contributed by atoms with Crippen LogP contribution in [0.5, 0.6) is 0 Å². The molecule has 0 aliphatic heterocycles. The molecule has 0 spiro atoms. The molecule has 0 fully saturated rings. The fraction of sp³-hybridized carbons (Fsp3) is 0.586. The zero-order valence-corrected chi connectivity index (χ0v) is 26.5. The van der Waals surface area contributed by atoms with E-state index in [0.29, 0.717) is 11.3 Å². The molecule has 0 bridgehead atoms. The maximum atomic E-state index is 7.19. The van der Waals surface area contributed by atoms with Crippen molar-refractivity contribution in [1.82, 2.24) is 5.32 Å². The van der Waals surface area contributed by atoms with E-state index in [4.69, 9.17) is 27.6 Å². The zero-order valence-electron chi connectivity index (χ0n) is 23.2. The quantitative estimate of drug-likeness (QED) is 0.295. The summed E-state index contributed by atoms with van der Waals surface area (Å²) >= 11 is 14.8. The van der Waals surface area contributed by atoms with Gasteiger partial charge >= 0.3 is 0 Å². The van der Waals surface area contributed by atoms with Gasteiger partial charge in [-0.3, -0.25) is 0 Å². The molecule has 0 aromatic heterocycles. The lowest BCUT2D eigenvalue weighted by atomic mass is 9.94. The van der Waals surface area contributed by atoms with Crippen molar-refractivity contribution in [3.05, 3.63) is 69.7 Å². The first-order chi connectivity index (χ1) is 16.0. The van der Waals surface area contributed by atoms with Gasteiger partial charge in [0.25, 0.3) is 0 Å². The molecule has 0 saturated heterocycles. The fourth-order valence-electron chi connectivity index (χ4n) is 3.99. The molecule has 2 nitrogen and oxygen atoms in total. The average Bonchev–Trinajstić information content (AvgIpc) is 2.72. The van der Waals surface area contributed by atoms with Crippen molar-refractivity contribution in [2.45, 2.75) is 108 Å². The van der Waals surface area contributed by atoms with E-state index in [1.165, 1.54) is 5.56 Å². The molecule has 6 heteroatoms. The van der Waals surface area contributed by atoms with E-state index < -0.39 is 8.32 Å². The highest BCUT2D eigenvalue weighted by Gasteiger charge is 2.42. The van der Waals surface area contributed by atoms with Crippen LogP contribution in [0.4, 0.5) is 0 Å². The molecule has 196 valence electrons. The van der Waals surface area contributed by atoms with Crippen LogP contribution in [0.2, 0.25) is 28.2 Å². The van der Waals surface area contributed by atoms with Gasteiger partial charge in [0.2, 0.25) is 0 Å². The molecule has 0 amide bonds. The van der Waals surface area contributed by atoms with Gasteiger partial charge in [-0.25, -0.2) is 0 Å². The van der Waals surface area contributed by atoms with Gasteiger partial charge in [0.1, 0.15) is 0 Å². The Morgan fingerprint density at radius 3 is 2.00 bits per heavy atom. The Labute approximate surface area is 230 Å². The van der Waals surface area contributed by atoms with E-state index in [1.807, 2.05) is 36.0 Å². The molecule has 0 radical (unpaired) electrons. The number of hydrogen-bond donors (Lipinski definition) is 1. The number of nitrogens with one attached hydrogen (secondary N) is 1. The van der Waals surface area contributed by atoms with Crippen LogP contribution in [0.25, 0.3) is 0 Å². The largest absolute Gasteiger partial charge is 0.408 e. The third-order valence-electron chi connectivity index (χ3n) is 6.88. The maximum absolute atomic E-state index is 7.19. The number of benzene rings is 2. The molecule has 1 N–H and O–H groups in total. The summed E-state index contributed by atoms with van der Waals surface area (Å²) in [5.74, 6) is 0. The average molecular weight is 555 g/mol. The van der Waals surface area contributed by atoms with Crippen molar-refractivity contribution in [2.24, 2.45) is 0 Å². The van der Waals surface area contributed by atoms with Crippen molar-refractivity contribution in [3.8, 4) is 0 Å². The zero-order chi connectivity index (χ0) is 26.6. The molecule has 0 heterocycles. The van der Waals surface area contributed by atoms with E-state index in [-0.39, 0.29) is 21.9 Å². The minimum atomic E-state index is -2.12. The molecule has 4 atom stereocenters. The summed E-state index contributed by atoms with van der Waals surface area (Å²) in [6, 6.07) is 16.6. The fourth-order valence-corrected chi connectivity index (χ4v) is 7.13. The second kappa shape index (κ2) is 12.4. The molecule has 0 saturated carbocycles. The molecule has 0 aliphatic rings. The lowest BCUT2D eigenvalue weighted by molar-refractivity contribution is 0.129. The molecular formula is C29H45Cl2NOSSi. The number of hydrogen-bond acceptors (Lipinski definition) is 3. The Kier molecular flexibility index (Phi) is 10.9. The summed E-state index contributed by atoms with van der Waals surface area (Å²) < 4.78 is 7.38. The SMILES string of the molecule is CC[C@H](N[C@H](c1ccc(Cl)cc1)[C@@H](O[Si](C)(C)C(C)(C)C)c1cccc(Cl)c1)[C@@H](C)SC(C)(C)C. The number of rotatable bonds is 10. The van der Waals surface area contributed by atoms with E-state index >= 15 is 0 Å². The molecule has 0 unspecified atom stereocenters. The van der Waals surface area contributed by atoms with Crippen molar-refractivity contribution >= 4 is 43.3 Å². The minimum Gasteiger partial charge on any atom is -0.408 e. The molecule has 0 aliphatic carbocycles. The van der Waals surface area contributed by atoms with E-state index in [2.05, 4.69) is 98.1 Å². The van der Waals surface area contributed by atoms with Crippen LogP contribution in [-0.2, 0) is 4.43 Å². The molecule has 2 aromatic rings. The van der Waals surface area contributed by atoms with E-state index in [1.54, 1.807) is 0 Å². The van der Waals surface area contributed by atoms with Gasteiger partial charge in [0.15, 0.2) is 8.32 Å². The van der Waals surface area contributed by atoms with Crippen molar-refractivity contribution < 1.29 is 4.43 Å². The maximum Gasteiger partial charge on any atom is 0.193 e. The Hall–Kier alpha value is -0.493. The second-order valence-electron chi connectivity index (χ2n) is 12.0. The van der Waals surface area contributed by atoms with Crippen LogP contribution in [0.3, 0.4) is 0 Å². The van der Waals surface area contributed by atoms with Crippen LogP contribution < -0.4 is 5.32 Å². The number of halogens is 2. The van der Waals surface area contributed by atoms with Crippen LogP contribution in [-0.4, -0.2) is 24.4 Å². The summed E-state index contributed by atoms with van der Waals surface area (Å²) in [6.45, 7) is 22.9. The van der Waals surface area contributed by atoms with Gasteiger partial charge in [-0.2, -0.15) is 11.8 Å². The second-order valence-corrected chi connectivity index (χ2v) is 19.8. The van der Waals surface area contributed by atoms with Crippen molar-refractivity contribution in [3.63, 3.8) is 0 Å². The summed E-state index contributed by atoms with van der Waals surface area (Å²) in [5, 5.41) is 6.02. The smallest absolute Gasteiger partial charge is 0.193 e. The highest BCUT2D eigenvalue weighted by molar-refractivity contribution is 8.01. The summed E-state index contributed by atoms with van der Waals surface area (Å²) in [6.07, 6.45) is 0.841. The lowest BCUT2D eigenvalue weighted by Crippen LogP contribution is -2.47. The molecule has 35 heavy (non-hydrogen) atoms. The Morgan fingerprint density at radius 1 is 0.914 bits per heavy atom. The summed E-state index contributed by atoms with van der Waals surface area (Å²) in [4.78, 5) is 0. The van der Waals surface area contributed by atoms with E-state index in [9.17, 15) is 0 Å². The highest BCUT2D eigenvalue weighted by Crippen LogP contribution is 2.44. The van der Waals surface area contributed by atoms with Gasteiger partial charge in [-0.05, 0) is 59.9 Å². The summed E-state index contributed by atoms with van der Waals surface area (Å²) in [7, 11) is -2.12. The van der Waals surface area contributed by atoms with Gasteiger partial charge in [0.05, 0.1) is 12.1 Å². The standard InChI is InChI=1S/C29H45Cl2NOSSi/c1-11-25(20(2)34-28(3,4)5)32-26(21-15-17-23(30)18-16-21)27(22-13-12-14-24(31)19-22)33-35(9,10)29(6,7)8/h12-20,25-27,32H,11H2,1-10H3/t20-,25+,26-,27+/m1/s1. The summed E-state index contributed by atoms with van der Waals surface area (Å²) in [5.41, 5.74) is 2.27. The van der Waals surface area contributed by atoms with Gasteiger partial charge in [0, 0.05) is 26.1 Å². The Balaban J connectivity index is 2.61. The van der Waals surface area contributed by atoms with Gasteiger partial charge in [-0.15, -0.1) is 0 Å². The molecule has 2 aromatic carbocycles. The predicted molar refractivity (Wildman–Crippen MR) is 161 cm³/mol. The van der Waals surface area contributed by atoms with E-state index in [0.717, 1.165) is 22.0 Å². The predicted octanol–water partition coefficient (Wildman–Crippen LogP) is 10.1. The van der Waals surface area contributed by atoms with Crippen LogP contribution in [0.1, 0.15) is 85.1 Å². The normalized spacial score (nSPS) is 16.6. The molecule has 2 rings (SSSR count). The molecular weight excluding hydrogens is 509 g/mol. The van der Waals surface area contributed by atoms with Crippen LogP contribution >= 0.6 is 35.0 Å². The highest BCUT2D eigenvalue weighted by atomic mass is 35.5. The van der Waals surface area contributed by atoms with Crippen molar-refractivity contribution in [1.29, 1.82) is 0 Å². The Morgan fingerprint density at radius 2 is 1.51 bits per heavy atom. The number of thioether (sulfide) groups is 1. The first-order valence-corrected chi connectivity index (χ1v) is 17.2. The van der Waals surface area contributed by atoms with Crippen LogP contribution in [0, 0.1) is 0 Å². The van der Waals surface area contributed by atoms with Crippen molar-refractivity contribution in [2.75, 3.05) is 0 Å². The first-order valence-electron chi connectivity index (χ1n) is 12.7. The Bertz CT molecular complexity index is 937. The minimum absolute atomic E-state index is 0.0483. The lowest BCUT2D eigenvalue weighted by Gasteiger charge is -2.43. The van der Waals surface area contributed by atoms with Gasteiger partial charge in [-0.1, -0.05) is 103 Å². The first kappa shape index (κ1) is 30.7.